The number of aliphatic carboxylic acids is 1. The van der Waals surface area contributed by atoms with Gasteiger partial charge in [-0.2, -0.15) is 4.31 Å². The fraction of sp³-hybridized carbons (Fsp3) is 0.500. The van der Waals surface area contributed by atoms with E-state index in [1.165, 1.54) is 29.6 Å². The maximum absolute atomic E-state index is 13.0. The van der Waals surface area contributed by atoms with E-state index >= 15 is 0 Å². The molecular weight excluding hydrogens is 334 g/mol. The third-order valence-corrected chi connectivity index (χ3v) is 6.50. The van der Waals surface area contributed by atoms with Crippen LogP contribution in [0.4, 0.5) is 0 Å². The van der Waals surface area contributed by atoms with Crippen LogP contribution in [0.3, 0.4) is 0 Å². The second-order valence-electron chi connectivity index (χ2n) is 6.01. The number of carboxylic acid groups (broad SMARTS) is 1. The predicted molar refractivity (Wildman–Crippen MR) is 86.2 cm³/mol. The van der Waals surface area contributed by atoms with E-state index in [1.807, 2.05) is 0 Å². The van der Waals surface area contributed by atoms with Gasteiger partial charge in [-0.15, -0.1) is 0 Å². The van der Waals surface area contributed by atoms with Crippen molar-refractivity contribution in [3.05, 3.63) is 29.3 Å². The summed E-state index contributed by atoms with van der Waals surface area (Å²) in [5.41, 5.74) is 0.687. The quantitative estimate of drug-likeness (QED) is 0.824. The van der Waals surface area contributed by atoms with Crippen molar-refractivity contribution in [2.24, 2.45) is 5.92 Å². The molecule has 0 aliphatic carbocycles. The minimum Gasteiger partial charge on any atom is -0.481 e. The highest BCUT2D eigenvalue weighted by atomic mass is 32.2. The number of methoxy groups -OCH3 is 1. The number of hydrogen-bond donors (Lipinski definition) is 1. The van der Waals surface area contributed by atoms with E-state index < -0.39 is 27.9 Å². The number of esters is 1. The number of carbonyl (C=O) groups excluding carboxylic acids is 1. The molecule has 8 heteroatoms. The van der Waals surface area contributed by atoms with E-state index in [4.69, 9.17) is 0 Å². The summed E-state index contributed by atoms with van der Waals surface area (Å²) in [4.78, 5) is 22.8. The van der Waals surface area contributed by atoms with Gasteiger partial charge in [0.2, 0.25) is 10.0 Å². The van der Waals surface area contributed by atoms with Crippen LogP contribution in [0.15, 0.2) is 23.1 Å². The molecule has 0 spiro atoms. The van der Waals surface area contributed by atoms with E-state index in [1.54, 1.807) is 13.8 Å². The topological polar surface area (TPSA) is 101 Å². The van der Waals surface area contributed by atoms with Gasteiger partial charge in [-0.25, -0.2) is 13.2 Å². The Kier molecular flexibility index (Phi) is 5.29. The lowest BCUT2D eigenvalue weighted by Gasteiger charge is -2.35. The standard InChI is InChI=1S/C16H21NO6S/c1-10-8-12(16(20)23-3)6-7-14(10)24(21,22)17-9-13(15(18)19)5-4-11(17)2/h6-8,11,13H,4-5,9H2,1-3H3,(H,18,19). The van der Waals surface area contributed by atoms with Gasteiger partial charge in [0, 0.05) is 12.6 Å². The molecule has 1 saturated heterocycles. The Balaban J connectivity index is 2.39. The van der Waals surface area contributed by atoms with Crippen LogP contribution in [-0.4, -0.2) is 49.5 Å². The number of ether oxygens (including phenoxy) is 1. The number of nitrogens with zero attached hydrogens (tertiary/aromatic N) is 1. The van der Waals surface area contributed by atoms with Crippen LogP contribution in [0.5, 0.6) is 0 Å². The molecule has 24 heavy (non-hydrogen) atoms. The zero-order chi connectivity index (χ0) is 18.1. The molecule has 2 rings (SSSR count). The summed E-state index contributed by atoms with van der Waals surface area (Å²) in [7, 11) is -2.59. The van der Waals surface area contributed by atoms with Gasteiger partial charge < -0.3 is 9.84 Å². The Morgan fingerprint density at radius 1 is 1.29 bits per heavy atom. The second kappa shape index (κ2) is 6.90. The Labute approximate surface area is 141 Å². The number of benzene rings is 1. The summed E-state index contributed by atoms with van der Waals surface area (Å²) in [5, 5.41) is 9.18. The van der Waals surface area contributed by atoms with Gasteiger partial charge >= 0.3 is 11.9 Å². The molecule has 2 unspecified atom stereocenters. The zero-order valence-corrected chi connectivity index (χ0v) is 14.7. The van der Waals surface area contributed by atoms with E-state index in [-0.39, 0.29) is 23.0 Å². The van der Waals surface area contributed by atoms with Gasteiger partial charge in [-0.1, -0.05) is 0 Å². The summed E-state index contributed by atoms with van der Waals surface area (Å²) < 4.78 is 31.8. The number of carboxylic acids is 1. The van der Waals surface area contributed by atoms with Crippen molar-refractivity contribution in [3.63, 3.8) is 0 Å². The average Bonchev–Trinajstić information content (AvgIpc) is 2.53. The van der Waals surface area contributed by atoms with Crippen molar-refractivity contribution in [3.8, 4) is 0 Å². The second-order valence-corrected chi connectivity index (χ2v) is 7.87. The van der Waals surface area contributed by atoms with Gasteiger partial charge in [-0.3, -0.25) is 4.79 Å². The number of hydrogen-bond acceptors (Lipinski definition) is 5. The molecule has 1 aromatic carbocycles. The van der Waals surface area contributed by atoms with Gasteiger partial charge in [0.05, 0.1) is 23.5 Å². The predicted octanol–water partition coefficient (Wildman–Crippen LogP) is 1.66. The average molecular weight is 355 g/mol. The van der Waals surface area contributed by atoms with Crippen molar-refractivity contribution in [2.75, 3.05) is 13.7 Å². The Hall–Kier alpha value is -1.93. The largest absolute Gasteiger partial charge is 0.481 e. The molecule has 0 saturated carbocycles. The van der Waals surface area contributed by atoms with Crippen molar-refractivity contribution < 1.29 is 27.9 Å². The lowest BCUT2D eigenvalue weighted by Crippen LogP contribution is -2.47. The smallest absolute Gasteiger partial charge is 0.337 e. The third-order valence-electron chi connectivity index (χ3n) is 4.36. The molecule has 1 aromatic rings. The fourth-order valence-electron chi connectivity index (χ4n) is 2.92. The highest BCUT2D eigenvalue weighted by molar-refractivity contribution is 7.89. The van der Waals surface area contributed by atoms with E-state index in [9.17, 15) is 23.1 Å². The van der Waals surface area contributed by atoms with Crippen LogP contribution in [-0.2, 0) is 19.6 Å². The van der Waals surface area contributed by atoms with Gasteiger partial charge in [0.1, 0.15) is 0 Å². The molecule has 1 fully saturated rings. The summed E-state index contributed by atoms with van der Waals surface area (Å²) in [6, 6.07) is 3.95. The lowest BCUT2D eigenvalue weighted by molar-refractivity contribution is -0.143. The lowest BCUT2D eigenvalue weighted by atomic mass is 9.96. The summed E-state index contributed by atoms with van der Waals surface area (Å²) in [6.45, 7) is 3.33. The van der Waals surface area contributed by atoms with Crippen LogP contribution < -0.4 is 0 Å². The third kappa shape index (κ3) is 3.44. The first-order valence-corrected chi connectivity index (χ1v) is 9.06. The summed E-state index contributed by atoms with van der Waals surface area (Å²) in [5.74, 6) is -2.23. The molecule has 0 radical (unpaired) electrons. The van der Waals surface area contributed by atoms with Crippen LogP contribution in [0, 0.1) is 12.8 Å². The first-order chi connectivity index (χ1) is 11.2. The van der Waals surface area contributed by atoms with Gasteiger partial charge in [0.15, 0.2) is 0 Å². The molecule has 0 aromatic heterocycles. The maximum atomic E-state index is 13.0. The van der Waals surface area contributed by atoms with Crippen molar-refractivity contribution in [2.45, 2.75) is 37.6 Å². The Morgan fingerprint density at radius 3 is 2.50 bits per heavy atom. The number of piperidine rings is 1. The fourth-order valence-corrected chi connectivity index (χ4v) is 4.84. The minimum atomic E-state index is -3.84. The van der Waals surface area contributed by atoms with Crippen LogP contribution in [0.1, 0.15) is 35.7 Å². The minimum absolute atomic E-state index is 0.0446. The molecule has 2 atom stereocenters. The van der Waals surface area contributed by atoms with E-state index in [0.717, 1.165) is 0 Å². The highest BCUT2D eigenvalue weighted by Crippen LogP contribution is 2.30. The van der Waals surface area contributed by atoms with Gasteiger partial charge in [0.25, 0.3) is 0 Å². The normalized spacial score (nSPS) is 22.1. The Morgan fingerprint density at radius 2 is 1.96 bits per heavy atom. The van der Waals surface area contributed by atoms with E-state index in [2.05, 4.69) is 4.74 Å². The molecule has 0 amide bonds. The number of carbonyl (C=O) groups is 2. The monoisotopic (exact) mass is 355 g/mol. The van der Waals surface area contributed by atoms with E-state index in [0.29, 0.717) is 18.4 Å². The summed E-state index contributed by atoms with van der Waals surface area (Å²) >= 11 is 0. The molecular formula is C16H21NO6S. The summed E-state index contributed by atoms with van der Waals surface area (Å²) in [6.07, 6.45) is 0.957. The maximum Gasteiger partial charge on any atom is 0.337 e. The molecule has 132 valence electrons. The Bertz CT molecular complexity index is 758. The number of aryl methyl sites for hydroxylation is 1. The zero-order valence-electron chi connectivity index (χ0n) is 13.9. The molecule has 7 nitrogen and oxygen atoms in total. The molecule has 1 heterocycles. The molecule has 0 bridgehead atoms. The van der Waals surface area contributed by atoms with Crippen molar-refractivity contribution in [1.29, 1.82) is 0 Å². The SMILES string of the molecule is COC(=O)c1ccc(S(=O)(=O)N2CC(C(=O)O)CCC2C)c(C)c1. The number of rotatable bonds is 4. The molecule has 1 N–H and O–H groups in total. The van der Waals surface area contributed by atoms with Gasteiger partial charge in [-0.05, 0) is 50.5 Å². The first kappa shape index (κ1) is 18.4. The molecule has 1 aliphatic heterocycles. The number of sulfonamides is 1. The van der Waals surface area contributed by atoms with Crippen molar-refractivity contribution >= 4 is 22.0 Å². The van der Waals surface area contributed by atoms with Crippen LogP contribution >= 0.6 is 0 Å². The highest BCUT2D eigenvalue weighted by Gasteiger charge is 2.38. The van der Waals surface area contributed by atoms with Crippen molar-refractivity contribution in [1.82, 2.24) is 4.31 Å². The van der Waals surface area contributed by atoms with Crippen LogP contribution in [0.25, 0.3) is 0 Å². The molecule has 1 aliphatic rings. The first-order valence-electron chi connectivity index (χ1n) is 7.62. The van der Waals surface area contributed by atoms with Crippen LogP contribution in [0.2, 0.25) is 0 Å².